The van der Waals surface area contributed by atoms with E-state index in [2.05, 4.69) is 17.1 Å². The predicted molar refractivity (Wildman–Crippen MR) is 66.3 cm³/mol. The van der Waals surface area contributed by atoms with Gasteiger partial charge < -0.3 is 5.73 Å². The first-order chi connectivity index (χ1) is 8.15. The largest absolute Gasteiger partial charge is 0.396 e. The van der Waals surface area contributed by atoms with Crippen molar-refractivity contribution in [1.29, 1.82) is 0 Å². The van der Waals surface area contributed by atoms with Gasteiger partial charge in [-0.15, -0.1) is 0 Å². The predicted octanol–water partition coefficient (Wildman–Crippen LogP) is 1.84. The molecule has 0 aromatic carbocycles. The van der Waals surface area contributed by atoms with Crippen LogP contribution in [0.3, 0.4) is 0 Å². The van der Waals surface area contributed by atoms with Gasteiger partial charge in [0, 0.05) is 25.0 Å². The molecular weight excluding hydrogens is 214 g/mol. The zero-order valence-corrected chi connectivity index (χ0v) is 10.2. The van der Waals surface area contributed by atoms with Crippen LogP contribution in [0.25, 0.3) is 11.3 Å². The van der Waals surface area contributed by atoms with Crippen molar-refractivity contribution < 1.29 is 0 Å². The number of nitrogens with zero attached hydrogens (tertiary/aromatic N) is 4. The summed E-state index contributed by atoms with van der Waals surface area (Å²) in [6.45, 7) is 2.21. The van der Waals surface area contributed by atoms with E-state index in [9.17, 15) is 0 Å². The second-order valence-electron chi connectivity index (χ2n) is 4.89. The number of hydrogen-bond acceptors (Lipinski definition) is 3. The zero-order chi connectivity index (χ0) is 12.0. The summed E-state index contributed by atoms with van der Waals surface area (Å²) < 4.78 is 3.76. The Morgan fingerprint density at radius 3 is 2.76 bits per heavy atom. The summed E-state index contributed by atoms with van der Waals surface area (Å²) in [6, 6.07) is 0.447. The lowest BCUT2D eigenvalue weighted by molar-refractivity contribution is 0.441. The first kappa shape index (κ1) is 10.4. The molecule has 1 aliphatic carbocycles. The van der Waals surface area contributed by atoms with Crippen LogP contribution in [0.2, 0.25) is 0 Å². The molecule has 90 valence electrons. The highest BCUT2D eigenvalue weighted by Crippen LogP contribution is 2.40. The number of nitrogens with two attached hydrogens (primary N) is 1. The minimum atomic E-state index is 0.447. The number of rotatable bonds is 3. The van der Waals surface area contributed by atoms with Crippen LogP contribution in [0.1, 0.15) is 25.8 Å². The molecule has 0 spiro atoms. The molecule has 1 fully saturated rings. The lowest BCUT2D eigenvalue weighted by atomic mass is 10.2. The summed E-state index contributed by atoms with van der Waals surface area (Å²) in [4.78, 5) is 0. The van der Waals surface area contributed by atoms with Crippen LogP contribution in [-0.4, -0.2) is 19.6 Å². The molecule has 1 unspecified atom stereocenters. The molecule has 1 atom stereocenters. The number of aromatic nitrogens is 4. The van der Waals surface area contributed by atoms with Gasteiger partial charge in [0.05, 0.1) is 17.9 Å². The van der Waals surface area contributed by atoms with Crippen molar-refractivity contribution in [3.05, 3.63) is 18.6 Å². The van der Waals surface area contributed by atoms with E-state index in [1.807, 2.05) is 24.1 Å². The molecule has 17 heavy (non-hydrogen) atoms. The normalized spacial score (nSPS) is 17.3. The molecule has 5 heteroatoms. The average molecular weight is 231 g/mol. The van der Waals surface area contributed by atoms with Crippen molar-refractivity contribution >= 4 is 5.69 Å². The maximum Gasteiger partial charge on any atom is 0.118 e. The second kappa shape index (κ2) is 3.61. The molecule has 0 radical (unpaired) electrons. The SMILES string of the molecule is CC(C1CC1)n1cc(N)c(-c2cnn(C)c2)n1. The van der Waals surface area contributed by atoms with E-state index in [0.717, 1.165) is 22.9 Å². The Morgan fingerprint density at radius 2 is 2.18 bits per heavy atom. The standard InChI is InChI=1S/C12H17N5/c1-8(9-3-4-9)17-7-11(13)12(15-17)10-5-14-16(2)6-10/h5-9H,3-4,13H2,1-2H3. The van der Waals surface area contributed by atoms with Gasteiger partial charge in [0.25, 0.3) is 0 Å². The van der Waals surface area contributed by atoms with Gasteiger partial charge in [0.15, 0.2) is 0 Å². The van der Waals surface area contributed by atoms with E-state index in [1.165, 1.54) is 12.8 Å². The average Bonchev–Trinajstić information content (AvgIpc) is 2.96. The Morgan fingerprint density at radius 1 is 1.41 bits per heavy atom. The van der Waals surface area contributed by atoms with E-state index >= 15 is 0 Å². The third kappa shape index (κ3) is 1.81. The molecule has 0 saturated heterocycles. The molecule has 0 amide bonds. The first-order valence-corrected chi connectivity index (χ1v) is 5.99. The van der Waals surface area contributed by atoms with Crippen molar-refractivity contribution in [2.75, 3.05) is 5.73 Å². The van der Waals surface area contributed by atoms with E-state index in [-0.39, 0.29) is 0 Å². The fourth-order valence-electron chi connectivity index (χ4n) is 2.18. The van der Waals surface area contributed by atoms with Crippen molar-refractivity contribution in [2.24, 2.45) is 13.0 Å². The molecule has 0 bridgehead atoms. The molecule has 2 aromatic rings. The Kier molecular flexibility index (Phi) is 2.21. The number of anilines is 1. The Labute approximate surface area is 100 Å². The number of nitrogen functional groups attached to an aromatic ring is 1. The summed E-state index contributed by atoms with van der Waals surface area (Å²) in [5.41, 5.74) is 8.56. The molecule has 2 N–H and O–H groups in total. The van der Waals surface area contributed by atoms with Crippen LogP contribution >= 0.6 is 0 Å². The van der Waals surface area contributed by atoms with E-state index < -0.39 is 0 Å². The van der Waals surface area contributed by atoms with E-state index in [1.54, 1.807) is 10.9 Å². The molecule has 0 aliphatic heterocycles. The summed E-state index contributed by atoms with van der Waals surface area (Å²) in [5.74, 6) is 0.774. The highest BCUT2D eigenvalue weighted by atomic mass is 15.3. The van der Waals surface area contributed by atoms with Gasteiger partial charge in [-0.2, -0.15) is 10.2 Å². The first-order valence-electron chi connectivity index (χ1n) is 5.99. The maximum absolute atomic E-state index is 6.02. The van der Waals surface area contributed by atoms with Gasteiger partial charge in [0.1, 0.15) is 5.69 Å². The van der Waals surface area contributed by atoms with Crippen LogP contribution in [0, 0.1) is 5.92 Å². The lowest BCUT2D eigenvalue weighted by Crippen LogP contribution is -2.07. The second-order valence-corrected chi connectivity index (χ2v) is 4.89. The fourth-order valence-corrected chi connectivity index (χ4v) is 2.18. The van der Waals surface area contributed by atoms with Crippen LogP contribution in [0.15, 0.2) is 18.6 Å². The van der Waals surface area contributed by atoms with E-state index in [0.29, 0.717) is 6.04 Å². The summed E-state index contributed by atoms with van der Waals surface area (Å²) in [5, 5.41) is 8.74. The third-order valence-corrected chi connectivity index (χ3v) is 3.46. The van der Waals surface area contributed by atoms with Crippen molar-refractivity contribution in [3.8, 4) is 11.3 Å². The number of hydrogen-bond donors (Lipinski definition) is 1. The maximum atomic E-state index is 6.02. The van der Waals surface area contributed by atoms with E-state index in [4.69, 9.17) is 5.73 Å². The molecular formula is C12H17N5. The van der Waals surface area contributed by atoms with Gasteiger partial charge in [-0.25, -0.2) is 0 Å². The molecule has 2 heterocycles. The molecule has 1 aliphatic rings. The fraction of sp³-hybridized carbons (Fsp3) is 0.500. The van der Waals surface area contributed by atoms with Crippen molar-refractivity contribution in [2.45, 2.75) is 25.8 Å². The highest BCUT2D eigenvalue weighted by molar-refractivity contribution is 5.70. The highest BCUT2D eigenvalue weighted by Gasteiger charge is 2.30. The zero-order valence-electron chi connectivity index (χ0n) is 10.2. The lowest BCUT2D eigenvalue weighted by Gasteiger charge is -2.09. The topological polar surface area (TPSA) is 61.7 Å². The molecule has 3 rings (SSSR count). The van der Waals surface area contributed by atoms with Crippen LogP contribution in [-0.2, 0) is 7.05 Å². The van der Waals surface area contributed by atoms with Crippen LogP contribution < -0.4 is 5.73 Å². The third-order valence-electron chi connectivity index (χ3n) is 3.46. The van der Waals surface area contributed by atoms with Gasteiger partial charge in [-0.1, -0.05) is 0 Å². The Hall–Kier alpha value is -1.78. The van der Waals surface area contributed by atoms with Crippen LogP contribution in [0.5, 0.6) is 0 Å². The van der Waals surface area contributed by atoms with Gasteiger partial charge in [0.2, 0.25) is 0 Å². The monoisotopic (exact) mass is 231 g/mol. The number of aryl methyl sites for hydroxylation is 1. The molecule has 2 aromatic heterocycles. The molecule has 5 nitrogen and oxygen atoms in total. The van der Waals surface area contributed by atoms with Gasteiger partial charge in [-0.3, -0.25) is 9.36 Å². The van der Waals surface area contributed by atoms with Gasteiger partial charge in [-0.05, 0) is 25.7 Å². The quantitative estimate of drug-likeness (QED) is 0.876. The Balaban J connectivity index is 1.95. The van der Waals surface area contributed by atoms with Crippen molar-refractivity contribution in [3.63, 3.8) is 0 Å². The van der Waals surface area contributed by atoms with Gasteiger partial charge >= 0.3 is 0 Å². The minimum absolute atomic E-state index is 0.447. The van der Waals surface area contributed by atoms with Crippen LogP contribution in [0.4, 0.5) is 5.69 Å². The Bertz CT molecular complexity index is 535. The smallest absolute Gasteiger partial charge is 0.118 e. The summed E-state index contributed by atoms with van der Waals surface area (Å²) in [6.07, 6.45) is 8.29. The molecule has 1 saturated carbocycles. The van der Waals surface area contributed by atoms with Crippen molar-refractivity contribution in [1.82, 2.24) is 19.6 Å². The summed E-state index contributed by atoms with van der Waals surface area (Å²) in [7, 11) is 1.89. The minimum Gasteiger partial charge on any atom is -0.396 e. The summed E-state index contributed by atoms with van der Waals surface area (Å²) >= 11 is 0.